The molecule has 2 aromatic rings. The van der Waals surface area contributed by atoms with Gasteiger partial charge in [0.25, 0.3) is 0 Å². The highest BCUT2D eigenvalue weighted by molar-refractivity contribution is 6.09. The lowest BCUT2D eigenvalue weighted by molar-refractivity contribution is 0.103. The molecular formula is C24H30O3. The number of carbonyl (C=O) groups is 1. The Kier molecular flexibility index (Phi) is 5.18. The van der Waals surface area contributed by atoms with Gasteiger partial charge in [0, 0.05) is 16.7 Å². The number of carbonyl (C=O) groups excluding carboxylic acids is 1. The summed E-state index contributed by atoms with van der Waals surface area (Å²) in [5, 5.41) is 0. The minimum Gasteiger partial charge on any atom is -0.490 e. The van der Waals surface area contributed by atoms with E-state index < -0.39 is 0 Å². The van der Waals surface area contributed by atoms with Crippen molar-refractivity contribution >= 4 is 5.78 Å². The molecule has 0 spiro atoms. The Morgan fingerprint density at radius 2 is 1.67 bits per heavy atom. The lowest BCUT2D eigenvalue weighted by atomic mass is 9.83. The lowest BCUT2D eigenvalue weighted by Gasteiger charge is -2.24. The second-order valence-electron chi connectivity index (χ2n) is 9.39. The SMILES string of the molecule is CC(C)(C)c1cccc(C(=O)c2ccc(OCC3CO3)c(C(C)(C)C)c2)c1. The van der Waals surface area contributed by atoms with E-state index in [1.165, 1.54) is 0 Å². The highest BCUT2D eigenvalue weighted by Gasteiger charge is 2.26. The normalized spacial score (nSPS) is 16.9. The van der Waals surface area contributed by atoms with Crippen LogP contribution in [0.15, 0.2) is 42.5 Å². The zero-order valence-electron chi connectivity index (χ0n) is 17.3. The van der Waals surface area contributed by atoms with Gasteiger partial charge in [0.05, 0.1) is 6.61 Å². The molecule has 3 heteroatoms. The molecule has 27 heavy (non-hydrogen) atoms. The van der Waals surface area contributed by atoms with Gasteiger partial charge >= 0.3 is 0 Å². The largest absolute Gasteiger partial charge is 0.490 e. The molecule has 0 bridgehead atoms. The van der Waals surface area contributed by atoms with Crippen molar-refractivity contribution in [1.82, 2.24) is 0 Å². The summed E-state index contributed by atoms with van der Waals surface area (Å²) in [6.45, 7) is 14.2. The fourth-order valence-electron chi connectivity index (χ4n) is 3.02. The van der Waals surface area contributed by atoms with Crippen LogP contribution in [0, 0.1) is 0 Å². The number of rotatable bonds is 5. The Bertz CT molecular complexity index is 833. The van der Waals surface area contributed by atoms with Gasteiger partial charge in [-0.3, -0.25) is 4.79 Å². The summed E-state index contributed by atoms with van der Waals surface area (Å²) in [5.74, 6) is 0.877. The highest BCUT2D eigenvalue weighted by Crippen LogP contribution is 2.33. The number of hydrogen-bond donors (Lipinski definition) is 0. The number of ether oxygens (including phenoxy) is 2. The van der Waals surface area contributed by atoms with E-state index in [9.17, 15) is 4.79 Å². The molecule has 1 fully saturated rings. The minimum atomic E-state index is -0.122. The molecule has 1 saturated heterocycles. The summed E-state index contributed by atoms with van der Waals surface area (Å²) in [4.78, 5) is 13.1. The first kappa shape index (κ1) is 19.6. The number of benzene rings is 2. The maximum atomic E-state index is 13.1. The van der Waals surface area contributed by atoms with E-state index in [-0.39, 0.29) is 22.7 Å². The van der Waals surface area contributed by atoms with E-state index in [1.807, 2.05) is 36.4 Å². The van der Waals surface area contributed by atoms with E-state index in [0.717, 1.165) is 29.0 Å². The first-order valence-electron chi connectivity index (χ1n) is 9.60. The van der Waals surface area contributed by atoms with Crippen molar-refractivity contribution in [1.29, 1.82) is 0 Å². The summed E-state index contributed by atoms with van der Waals surface area (Å²) in [6, 6.07) is 13.7. The first-order chi connectivity index (χ1) is 12.6. The van der Waals surface area contributed by atoms with Gasteiger partial charge in [0.15, 0.2) is 5.78 Å². The maximum Gasteiger partial charge on any atom is 0.193 e. The molecule has 0 saturated carbocycles. The van der Waals surface area contributed by atoms with E-state index in [1.54, 1.807) is 0 Å². The second kappa shape index (κ2) is 7.12. The molecule has 3 nitrogen and oxygen atoms in total. The van der Waals surface area contributed by atoms with Crippen LogP contribution >= 0.6 is 0 Å². The van der Waals surface area contributed by atoms with Gasteiger partial charge in [0.1, 0.15) is 18.5 Å². The molecular weight excluding hydrogens is 336 g/mol. The molecule has 1 atom stereocenters. The fraction of sp³-hybridized carbons (Fsp3) is 0.458. The highest BCUT2D eigenvalue weighted by atomic mass is 16.6. The van der Waals surface area contributed by atoms with Crippen LogP contribution in [-0.4, -0.2) is 25.1 Å². The van der Waals surface area contributed by atoms with Crippen LogP contribution in [0.4, 0.5) is 0 Å². The van der Waals surface area contributed by atoms with Crippen molar-refractivity contribution in [2.45, 2.75) is 58.5 Å². The van der Waals surface area contributed by atoms with Gasteiger partial charge in [-0.15, -0.1) is 0 Å². The zero-order valence-corrected chi connectivity index (χ0v) is 17.3. The maximum absolute atomic E-state index is 13.1. The van der Waals surface area contributed by atoms with E-state index >= 15 is 0 Å². The van der Waals surface area contributed by atoms with Gasteiger partial charge in [-0.25, -0.2) is 0 Å². The average molecular weight is 367 g/mol. The summed E-state index contributed by atoms with van der Waals surface area (Å²) in [5.41, 5.74) is 3.51. The number of epoxide rings is 1. The Balaban J connectivity index is 1.92. The van der Waals surface area contributed by atoms with Crippen LogP contribution < -0.4 is 4.74 Å². The molecule has 0 aliphatic carbocycles. The monoisotopic (exact) mass is 366 g/mol. The third kappa shape index (κ3) is 4.78. The Labute approximate surface area is 162 Å². The molecule has 0 aromatic heterocycles. The topological polar surface area (TPSA) is 38.8 Å². The van der Waals surface area contributed by atoms with Crippen LogP contribution in [0.2, 0.25) is 0 Å². The van der Waals surface area contributed by atoms with Crippen LogP contribution in [0.3, 0.4) is 0 Å². The smallest absolute Gasteiger partial charge is 0.193 e. The molecule has 1 aliphatic rings. The molecule has 0 amide bonds. The predicted octanol–water partition coefficient (Wildman–Crippen LogP) is 5.29. The second-order valence-corrected chi connectivity index (χ2v) is 9.39. The van der Waals surface area contributed by atoms with Crippen molar-refractivity contribution in [3.8, 4) is 5.75 Å². The lowest BCUT2D eigenvalue weighted by Crippen LogP contribution is -2.17. The fourth-order valence-corrected chi connectivity index (χ4v) is 3.02. The standard InChI is InChI=1S/C24H30O3/c1-23(2,3)18-9-7-8-16(12-18)22(25)17-10-11-21(27-15-19-14-26-19)20(13-17)24(4,5)6/h7-13,19H,14-15H2,1-6H3. The third-order valence-corrected chi connectivity index (χ3v) is 4.87. The van der Waals surface area contributed by atoms with Crippen LogP contribution in [-0.2, 0) is 15.6 Å². The summed E-state index contributed by atoms with van der Waals surface area (Å²) in [7, 11) is 0. The van der Waals surface area contributed by atoms with Gasteiger partial charge in [-0.2, -0.15) is 0 Å². The number of hydrogen-bond acceptors (Lipinski definition) is 3. The zero-order chi connectivity index (χ0) is 19.8. The van der Waals surface area contributed by atoms with Gasteiger partial charge in [-0.05, 0) is 40.7 Å². The molecule has 1 aliphatic heterocycles. The molecule has 0 N–H and O–H groups in total. The van der Waals surface area contributed by atoms with Crippen molar-refractivity contribution in [3.63, 3.8) is 0 Å². The van der Waals surface area contributed by atoms with E-state index in [4.69, 9.17) is 9.47 Å². The van der Waals surface area contributed by atoms with Crippen molar-refractivity contribution in [3.05, 3.63) is 64.7 Å². The van der Waals surface area contributed by atoms with E-state index in [2.05, 4.69) is 47.6 Å². The van der Waals surface area contributed by atoms with Crippen molar-refractivity contribution in [2.75, 3.05) is 13.2 Å². The first-order valence-corrected chi connectivity index (χ1v) is 9.60. The summed E-state index contributed by atoms with van der Waals surface area (Å²) >= 11 is 0. The van der Waals surface area contributed by atoms with Gasteiger partial charge in [0.2, 0.25) is 0 Å². The Hall–Kier alpha value is -2.13. The molecule has 2 aromatic carbocycles. The Morgan fingerprint density at radius 1 is 1.00 bits per heavy atom. The van der Waals surface area contributed by atoms with Crippen molar-refractivity contribution in [2.24, 2.45) is 0 Å². The van der Waals surface area contributed by atoms with Gasteiger partial charge < -0.3 is 9.47 Å². The van der Waals surface area contributed by atoms with Crippen LogP contribution in [0.1, 0.15) is 68.6 Å². The van der Waals surface area contributed by atoms with E-state index in [0.29, 0.717) is 12.2 Å². The minimum absolute atomic E-state index is 0.00936. The molecule has 3 rings (SSSR count). The van der Waals surface area contributed by atoms with Crippen molar-refractivity contribution < 1.29 is 14.3 Å². The summed E-state index contributed by atoms with van der Waals surface area (Å²) in [6.07, 6.45) is 0.208. The molecule has 1 heterocycles. The predicted molar refractivity (Wildman–Crippen MR) is 109 cm³/mol. The molecule has 0 radical (unpaired) electrons. The Morgan fingerprint density at radius 3 is 2.26 bits per heavy atom. The van der Waals surface area contributed by atoms with Gasteiger partial charge in [-0.1, -0.05) is 59.7 Å². The van der Waals surface area contributed by atoms with Crippen LogP contribution in [0.25, 0.3) is 0 Å². The third-order valence-electron chi connectivity index (χ3n) is 4.87. The van der Waals surface area contributed by atoms with Crippen LogP contribution in [0.5, 0.6) is 5.75 Å². The average Bonchev–Trinajstić information content (AvgIpc) is 3.42. The number of ketones is 1. The quantitative estimate of drug-likeness (QED) is 0.533. The summed E-state index contributed by atoms with van der Waals surface area (Å²) < 4.78 is 11.2. The molecule has 1 unspecified atom stereocenters. The molecule has 144 valence electrons.